The number of benzene rings is 1. The molecule has 0 aliphatic carbocycles. The molecule has 1 saturated heterocycles. The van der Waals surface area contributed by atoms with Crippen LogP contribution in [0.3, 0.4) is 0 Å². The van der Waals surface area contributed by atoms with Crippen LogP contribution in [0.2, 0.25) is 0 Å². The number of nitrogens with zero attached hydrogens (tertiary/aromatic N) is 3. The second-order valence-corrected chi connectivity index (χ2v) is 6.14. The fraction of sp³-hybridized carbons (Fsp3) is 0.471. The van der Waals surface area contributed by atoms with Crippen molar-refractivity contribution in [2.45, 2.75) is 39.4 Å². The van der Waals surface area contributed by atoms with Crippen LogP contribution in [0.15, 0.2) is 36.7 Å². The minimum absolute atomic E-state index is 0.552. The van der Waals surface area contributed by atoms with E-state index in [4.69, 9.17) is 0 Å². The maximum absolute atomic E-state index is 4.34. The van der Waals surface area contributed by atoms with Crippen molar-refractivity contribution in [3.63, 3.8) is 0 Å². The molecule has 21 heavy (non-hydrogen) atoms. The summed E-state index contributed by atoms with van der Waals surface area (Å²) in [6, 6.07) is 9.74. The molecule has 1 aliphatic rings. The highest BCUT2D eigenvalue weighted by Crippen LogP contribution is 2.19. The second-order valence-electron chi connectivity index (χ2n) is 6.14. The summed E-state index contributed by atoms with van der Waals surface area (Å²) >= 11 is 0. The Bertz CT molecular complexity index is 594. The Kier molecular flexibility index (Phi) is 4.08. The minimum Gasteiger partial charge on any atom is -0.309 e. The van der Waals surface area contributed by atoms with Gasteiger partial charge in [-0.1, -0.05) is 18.2 Å². The number of imidazole rings is 1. The van der Waals surface area contributed by atoms with E-state index in [2.05, 4.69) is 57.9 Å². The molecule has 1 aliphatic heterocycles. The molecule has 2 aromatic rings. The molecular formula is C17H24N4. The van der Waals surface area contributed by atoms with Gasteiger partial charge in [-0.3, -0.25) is 4.90 Å². The van der Waals surface area contributed by atoms with E-state index in [9.17, 15) is 0 Å². The number of rotatable bonds is 3. The second kappa shape index (κ2) is 6.00. The van der Waals surface area contributed by atoms with Gasteiger partial charge in [0.2, 0.25) is 0 Å². The molecule has 4 nitrogen and oxygen atoms in total. The van der Waals surface area contributed by atoms with Crippen molar-refractivity contribution >= 4 is 0 Å². The molecule has 1 aromatic carbocycles. The van der Waals surface area contributed by atoms with Crippen LogP contribution in [0.5, 0.6) is 0 Å². The number of piperazine rings is 1. The van der Waals surface area contributed by atoms with Crippen LogP contribution in [-0.4, -0.2) is 39.6 Å². The molecule has 0 radical (unpaired) electrons. The van der Waals surface area contributed by atoms with Crippen molar-refractivity contribution in [1.82, 2.24) is 19.8 Å². The Hall–Kier alpha value is -1.65. The van der Waals surface area contributed by atoms with Crippen molar-refractivity contribution in [3.8, 4) is 5.69 Å². The van der Waals surface area contributed by atoms with E-state index in [0.717, 1.165) is 25.5 Å². The van der Waals surface area contributed by atoms with Crippen LogP contribution in [0.4, 0.5) is 0 Å². The van der Waals surface area contributed by atoms with E-state index in [1.54, 1.807) is 0 Å². The third-order valence-electron chi connectivity index (χ3n) is 4.10. The Morgan fingerprint density at radius 1 is 1.19 bits per heavy atom. The molecule has 2 atom stereocenters. The van der Waals surface area contributed by atoms with Gasteiger partial charge in [-0.25, -0.2) is 4.98 Å². The summed E-state index contributed by atoms with van der Waals surface area (Å²) in [5, 5.41) is 3.59. The maximum atomic E-state index is 4.34. The molecule has 4 heteroatoms. The van der Waals surface area contributed by atoms with Gasteiger partial charge < -0.3 is 9.88 Å². The van der Waals surface area contributed by atoms with E-state index in [1.165, 1.54) is 11.3 Å². The van der Waals surface area contributed by atoms with E-state index in [-0.39, 0.29) is 0 Å². The molecule has 0 saturated carbocycles. The van der Waals surface area contributed by atoms with Crippen LogP contribution in [0.25, 0.3) is 5.69 Å². The van der Waals surface area contributed by atoms with Crippen LogP contribution in [-0.2, 0) is 6.54 Å². The topological polar surface area (TPSA) is 33.1 Å². The van der Waals surface area contributed by atoms with Crippen molar-refractivity contribution in [3.05, 3.63) is 48.0 Å². The molecule has 0 amide bonds. The van der Waals surface area contributed by atoms with Crippen LogP contribution in [0, 0.1) is 6.92 Å². The Balaban J connectivity index is 1.85. The minimum atomic E-state index is 0.552. The average molecular weight is 284 g/mol. The standard InChI is InChI=1S/C17H24N4/c1-13-10-20(11-14(2)19-13)12-16-6-4-5-7-17(16)21-9-8-18-15(21)3/h4-9,13-14,19H,10-12H2,1-3H3/t13-,14+. The number of hydrogen-bond donors (Lipinski definition) is 1. The van der Waals surface area contributed by atoms with Gasteiger partial charge in [0.1, 0.15) is 5.82 Å². The molecule has 1 fully saturated rings. The number of nitrogens with one attached hydrogen (secondary N) is 1. The van der Waals surface area contributed by atoms with Gasteiger partial charge in [0.05, 0.1) is 5.69 Å². The Labute approximate surface area is 126 Å². The van der Waals surface area contributed by atoms with Crippen LogP contribution < -0.4 is 5.32 Å². The zero-order valence-electron chi connectivity index (χ0n) is 13.1. The van der Waals surface area contributed by atoms with Crippen LogP contribution in [0.1, 0.15) is 25.2 Å². The SMILES string of the molecule is Cc1nccn1-c1ccccc1CN1C[C@@H](C)N[C@@H](C)C1. The van der Waals surface area contributed by atoms with Crippen molar-refractivity contribution in [2.24, 2.45) is 0 Å². The van der Waals surface area contributed by atoms with Gasteiger partial charge in [-0.05, 0) is 32.4 Å². The Morgan fingerprint density at radius 3 is 2.57 bits per heavy atom. The highest BCUT2D eigenvalue weighted by molar-refractivity contribution is 5.42. The summed E-state index contributed by atoms with van der Waals surface area (Å²) in [5.41, 5.74) is 2.60. The normalized spacial score (nSPS) is 23.4. The van der Waals surface area contributed by atoms with Gasteiger partial charge in [0, 0.05) is 44.1 Å². The number of para-hydroxylation sites is 1. The summed E-state index contributed by atoms with van der Waals surface area (Å²) in [7, 11) is 0. The van der Waals surface area contributed by atoms with Gasteiger partial charge in [0.25, 0.3) is 0 Å². The van der Waals surface area contributed by atoms with Crippen molar-refractivity contribution in [1.29, 1.82) is 0 Å². The summed E-state index contributed by atoms with van der Waals surface area (Å²) in [4.78, 5) is 6.88. The molecule has 0 bridgehead atoms. The lowest BCUT2D eigenvalue weighted by Gasteiger charge is -2.36. The zero-order valence-corrected chi connectivity index (χ0v) is 13.1. The maximum Gasteiger partial charge on any atom is 0.110 e. The van der Waals surface area contributed by atoms with E-state index in [1.807, 2.05) is 19.3 Å². The van der Waals surface area contributed by atoms with E-state index in [0.29, 0.717) is 12.1 Å². The highest BCUT2D eigenvalue weighted by atomic mass is 15.2. The smallest absolute Gasteiger partial charge is 0.110 e. The lowest BCUT2D eigenvalue weighted by atomic mass is 10.1. The number of aryl methyl sites for hydroxylation is 1. The fourth-order valence-electron chi connectivity index (χ4n) is 3.32. The summed E-state index contributed by atoms with van der Waals surface area (Å²) in [5.74, 6) is 1.03. The Morgan fingerprint density at radius 2 is 1.90 bits per heavy atom. The first kappa shape index (κ1) is 14.3. The van der Waals surface area contributed by atoms with Gasteiger partial charge in [-0.15, -0.1) is 0 Å². The predicted molar refractivity (Wildman–Crippen MR) is 85.6 cm³/mol. The van der Waals surface area contributed by atoms with Crippen LogP contribution >= 0.6 is 0 Å². The first-order valence-corrected chi connectivity index (χ1v) is 7.70. The van der Waals surface area contributed by atoms with Crippen molar-refractivity contribution < 1.29 is 0 Å². The van der Waals surface area contributed by atoms with Gasteiger partial charge >= 0.3 is 0 Å². The zero-order chi connectivity index (χ0) is 14.8. The molecule has 0 spiro atoms. The van der Waals surface area contributed by atoms with E-state index >= 15 is 0 Å². The third-order valence-corrected chi connectivity index (χ3v) is 4.10. The largest absolute Gasteiger partial charge is 0.309 e. The van der Waals surface area contributed by atoms with E-state index < -0.39 is 0 Å². The lowest BCUT2D eigenvalue weighted by molar-refractivity contribution is 0.166. The van der Waals surface area contributed by atoms with Gasteiger partial charge in [0.15, 0.2) is 0 Å². The summed E-state index contributed by atoms with van der Waals surface area (Å²) in [6.45, 7) is 9.75. The quantitative estimate of drug-likeness (QED) is 0.939. The average Bonchev–Trinajstić information content (AvgIpc) is 2.84. The first-order chi connectivity index (χ1) is 10.1. The molecular weight excluding hydrogens is 260 g/mol. The lowest BCUT2D eigenvalue weighted by Crippen LogP contribution is -2.53. The molecule has 2 heterocycles. The first-order valence-electron chi connectivity index (χ1n) is 7.70. The molecule has 112 valence electrons. The monoisotopic (exact) mass is 284 g/mol. The predicted octanol–water partition coefficient (Wildman–Crippen LogP) is 2.36. The molecule has 1 aromatic heterocycles. The molecule has 3 rings (SSSR count). The third kappa shape index (κ3) is 3.17. The highest BCUT2D eigenvalue weighted by Gasteiger charge is 2.21. The molecule has 0 unspecified atom stereocenters. The molecule has 1 N–H and O–H groups in total. The summed E-state index contributed by atoms with van der Waals surface area (Å²) in [6.07, 6.45) is 3.90. The fourth-order valence-corrected chi connectivity index (χ4v) is 3.32. The van der Waals surface area contributed by atoms with Gasteiger partial charge in [-0.2, -0.15) is 0 Å². The summed E-state index contributed by atoms with van der Waals surface area (Å²) < 4.78 is 2.17. The number of aromatic nitrogens is 2. The number of hydrogen-bond acceptors (Lipinski definition) is 3. The van der Waals surface area contributed by atoms with Crippen molar-refractivity contribution in [2.75, 3.05) is 13.1 Å².